The topological polar surface area (TPSA) is 15.3 Å². The van der Waals surface area contributed by atoms with Crippen molar-refractivity contribution < 1.29 is 0 Å². The van der Waals surface area contributed by atoms with Crippen molar-refractivity contribution in [3.63, 3.8) is 0 Å². The quantitative estimate of drug-likeness (QED) is 0.892. The Morgan fingerprint density at radius 3 is 2.32 bits per heavy atom. The molecule has 1 aliphatic carbocycles. The predicted molar refractivity (Wildman–Crippen MR) is 80.5 cm³/mol. The Labute approximate surface area is 117 Å². The maximum Gasteiger partial charge on any atom is 0.0176 e. The molecule has 0 bridgehead atoms. The van der Waals surface area contributed by atoms with Gasteiger partial charge in [-0.1, -0.05) is 24.3 Å². The highest BCUT2D eigenvalue weighted by molar-refractivity contribution is 5.33. The van der Waals surface area contributed by atoms with E-state index in [9.17, 15) is 0 Å². The van der Waals surface area contributed by atoms with Crippen LogP contribution in [0.4, 0.5) is 0 Å². The smallest absolute Gasteiger partial charge is 0.0176 e. The molecular formula is C17H26N2. The van der Waals surface area contributed by atoms with E-state index in [0.29, 0.717) is 0 Å². The molecule has 0 aromatic heterocycles. The van der Waals surface area contributed by atoms with Crippen molar-refractivity contribution in [1.82, 2.24) is 10.2 Å². The van der Waals surface area contributed by atoms with Crippen LogP contribution in [0.5, 0.6) is 0 Å². The SMILES string of the molecule is CNCCC1CCN(C2Cc3ccccc3C2)CC1. The molecule has 1 heterocycles. The molecule has 1 saturated heterocycles. The van der Waals surface area contributed by atoms with Crippen LogP contribution in [-0.4, -0.2) is 37.6 Å². The van der Waals surface area contributed by atoms with Gasteiger partial charge in [0.15, 0.2) is 0 Å². The van der Waals surface area contributed by atoms with Crippen LogP contribution in [0.25, 0.3) is 0 Å². The highest BCUT2D eigenvalue weighted by atomic mass is 15.2. The van der Waals surface area contributed by atoms with Gasteiger partial charge in [-0.05, 0) is 75.8 Å². The van der Waals surface area contributed by atoms with E-state index in [-0.39, 0.29) is 0 Å². The third-order valence-corrected chi connectivity index (χ3v) is 5.00. The van der Waals surface area contributed by atoms with Gasteiger partial charge in [-0.25, -0.2) is 0 Å². The molecule has 0 unspecified atom stereocenters. The number of hydrogen-bond acceptors (Lipinski definition) is 2. The van der Waals surface area contributed by atoms with Gasteiger partial charge in [-0.15, -0.1) is 0 Å². The molecule has 2 nitrogen and oxygen atoms in total. The molecule has 0 saturated carbocycles. The molecule has 2 aliphatic rings. The number of nitrogens with one attached hydrogen (secondary N) is 1. The molecule has 0 radical (unpaired) electrons. The minimum atomic E-state index is 0.780. The van der Waals surface area contributed by atoms with Crippen molar-refractivity contribution >= 4 is 0 Å². The molecule has 1 aromatic carbocycles. The Bertz CT molecular complexity index is 382. The van der Waals surface area contributed by atoms with Crippen molar-refractivity contribution in [1.29, 1.82) is 0 Å². The maximum absolute atomic E-state index is 3.28. The fourth-order valence-corrected chi connectivity index (χ4v) is 3.75. The summed E-state index contributed by atoms with van der Waals surface area (Å²) in [5.41, 5.74) is 3.18. The predicted octanol–water partition coefficient (Wildman–Crippen LogP) is 2.48. The lowest BCUT2D eigenvalue weighted by atomic mass is 9.92. The lowest BCUT2D eigenvalue weighted by Gasteiger charge is -2.36. The van der Waals surface area contributed by atoms with Gasteiger partial charge in [-0.2, -0.15) is 0 Å². The van der Waals surface area contributed by atoms with Crippen molar-refractivity contribution in [2.75, 3.05) is 26.7 Å². The molecule has 0 amide bonds. The number of nitrogens with zero attached hydrogens (tertiary/aromatic N) is 1. The van der Waals surface area contributed by atoms with Crippen LogP contribution in [0.1, 0.15) is 30.4 Å². The van der Waals surface area contributed by atoms with Crippen molar-refractivity contribution in [3.8, 4) is 0 Å². The van der Waals surface area contributed by atoms with Gasteiger partial charge in [0.05, 0.1) is 0 Å². The summed E-state index contributed by atoms with van der Waals surface area (Å²) in [4.78, 5) is 2.75. The molecular weight excluding hydrogens is 232 g/mol. The van der Waals surface area contributed by atoms with Crippen LogP contribution < -0.4 is 5.32 Å². The number of rotatable bonds is 4. The zero-order chi connectivity index (χ0) is 13.1. The van der Waals surface area contributed by atoms with E-state index in [4.69, 9.17) is 0 Å². The van der Waals surface area contributed by atoms with E-state index in [0.717, 1.165) is 12.0 Å². The van der Waals surface area contributed by atoms with E-state index >= 15 is 0 Å². The summed E-state index contributed by atoms with van der Waals surface area (Å²) in [7, 11) is 2.06. The second kappa shape index (κ2) is 6.06. The average Bonchev–Trinajstić information content (AvgIpc) is 2.89. The fraction of sp³-hybridized carbons (Fsp3) is 0.647. The van der Waals surface area contributed by atoms with Gasteiger partial charge < -0.3 is 5.32 Å². The van der Waals surface area contributed by atoms with Gasteiger partial charge in [0.1, 0.15) is 0 Å². The molecule has 1 aromatic rings. The van der Waals surface area contributed by atoms with Crippen molar-refractivity contribution in [2.45, 2.75) is 38.1 Å². The molecule has 1 fully saturated rings. The summed E-state index contributed by atoms with van der Waals surface area (Å²) in [5.74, 6) is 0.951. The fourth-order valence-electron chi connectivity index (χ4n) is 3.75. The zero-order valence-electron chi connectivity index (χ0n) is 12.1. The molecule has 104 valence electrons. The number of likely N-dealkylation sites (tertiary alicyclic amines) is 1. The molecule has 3 rings (SSSR count). The first-order valence-corrected chi connectivity index (χ1v) is 7.82. The average molecular weight is 258 g/mol. The lowest BCUT2D eigenvalue weighted by molar-refractivity contribution is 0.133. The normalized spacial score (nSPS) is 21.7. The standard InChI is InChI=1S/C17H26N2/c1-18-9-6-14-7-10-19(11-8-14)17-12-15-4-2-3-5-16(15)13-17/h2-5,14,17-18H,6-13H2,1H3. The van der Waals surface area contributed by atoms with Gasteiger partial charge in [0, 0.05) is 6.04 Å². The van der Waals surface area contributed by atoms with Crippen LogP contribution in [0.3, 0.4) is 0 Å². The molecule has 2 heteroatoms. The molecule has 1 aliphatic heterocycles. The minimum Gasteiger partial charge on any atom is -0.320 e. The van der Waals surface area contributed by atoms with Crippen molar-refractivity contribution in [3.05, 3.63) is 35.4 Å². The summed E-state index contributed by atoms with van der Waals surface area (Å²) >= 11 is 0. The molecule has 0 atom stereocenters. The third kappa shape index (κ3) is 3.01. The van der Waals surface area contributed by atoms with Gasteiger partial charge in [-0.3, -0.25) is 4.90 Å². The van der Waals surface area contributed by atoms with E-state index in [1.807, 2.05) is 0 Å². The Balaban J connectivity index is 1.51. The largest absolute Gasteiger partial charge is 0.320 e. The molecule has 1 N–H and O–H groups in total. The number of benzene rings is 1. The Hall–Kier alpha value is -0.860. The third-order valence-electron chi connectivity index (χ3n) is 5.00. The van der Waals surface area contributed by atoms with Gasteiger partial charge in [0.25, 0.3) is 0 Å². The zero-order valence-corrected chi connectivity index (χ0v) is 12.1. The number of hydrogen-bond donors (Lipinski definition) is 1. The number of piperidine rings is 1. The van der Waals surface area contributed by atoms with Crippen LogP contribution in [-0.2, 0) is 12.8 Å². The van der Waals surface area contributed by atoms with Gasteiger partial charge >= 0.3 is 0 Å². The molecule has 19 heavy (non-hydrogen) atoms. The van der Waals surface area contributed by atoms with Crippen LogP contribution in [0.15, 0.2) is 24.3 Å². The second-order valence-corrected chi connectivity index (χ2v) is 6.20. The summed E-state index contributed by atoms with van der Waals surface area (Å²) in [6.45, 7) is 3.81. The summed E-state index contributed by atoms with van der Waals surface area (Å²) in [6, 6.07) is 9.78. The van der Waals surface area contributed by atoms with Crippen LogP contribution in [0, 0.1) is 5.92 Å². The van der Waals surface area contributed by atoms with E-state index < -0.39 is 0 Å². The number of fused-ring (bicyclic) bond motifs is 1. The first-order chi connectivity index (χ1) is 9.36. The van der Waals surface area contributed by atoms with Gasteiger partial charge in [0.2, 0.25) is 0 Å². The summed E-state index contributed by atoms with van der Waals surface area (Å²) < 4.78 is 0. The first-order valence-electron chi connectivity index (χ1n) is 7.82. The highest BCUT2D eigenvalue weighted by Gasteiger charge is 2.29. The maximum atomic E-state index is 3.28. The van der Waals surface area contributed by atoms with E-state index in [1.54, 1.807) is 11.1 Å². The lowest BCUT2D eigenvalue weighted by Crippen LogP contribution is -2.42. The Morgan fingerprint density at radius 1 is 1.11 bits per heavy atom. The monoisotopic (exact) mass is 258 g/mol. The van der Waals surface area contributed by atoms with Crippen LogP contribution >= 0.6 is 0 Å². The first kappa shape index (κ1) is 13.1. The summed E-state index contributed by atoms with van der Waals surface area (Å²) in [5, 5.41) is 3.28. The second-order valence-electron chi connectivity index (χ2n) is 6.20. The van der Waals surface area contributed by atoms with Crippen molar-refractivity contribution in [2.24, 2.45) is 5.92 Å². The Morgan fingerprint density at radius 2 is 1.74 bits per heavy atom. The molecule has 0 spiro atoms. The van der Waals surface area contributed by atoms with E-state index in [1.165, 1.54) is 51.7 Å². The Kier molecular flexibility index (Phi) is 4.19. The van der Waals surface area contributed by atoms with Crippen LogP contribution in [0.2, 0.25) is 0 Å². The van der Waals surface area contributed by atoms with E-state index in [2.05, 4.69) is 41.5 Å². The highest BCUT2D eigenvalue weighted by Crippen LogP contribution is 2.29. The minimum absolute atomic E-state index is 0.780. The summed E-state index contributed by atoms with van der Waals surface area (Å²) in [6.07, 6.45) is 6.70.